The standard InChI is InChI=1S/C15H20N4O2S/c1-10-3-4-13(22-10)5-6-17-15(21)14(19-11(2)20)7-12-8-16-9-18-12/h3-4,8-9,14H,5-7H2,1-2H3,(H,16,18)(H,17,21)(H,19,20)/t14-/m0/s1. The lowest BCUT2D eigenvalue weighted by molar-refractivity contribution is -0.128. The number of amides is 2. The first-order chi connectivity index (χ1) is 10.5. The number of carbonyl (C=O) groups is 2. The lowest BCUT2D eigenvalue weighted by atomic mass is 10.1. The van der Waals surface area contributed by atoms with Crippen LogP contribution in [0.1, 0.15) is 22.4 Å². The topological polar surface area (TPSA) is 86.9 Å². The SMILES string of the molecule is CC(=O)N[C@@H](Cc1cnc[nH]1)C(=O)NCCc1ccc(C)s1. The molecular formula is C15H20N4O2S. The third-order valence-corrected chi connectivity index (χ3v) is 4.20. The number of aromatic nitrogens is 2. The summed E-state index contributed by atoms with van der Waals surface area (Å²) >= 11 is 1.73. The molecule has 0 aliphatic heterocycles. The number of aromatic amines is 1. The van der Waals surface area contributed by atoms with Crippen molar-refractivity contribution in [2.75, 3.05) is 6.54 Å². The summed E-state index contributed by atoms with van der Waals surface area (Å²) in [6.45, 7) is 4.02. The number of aryl methyl sites for hydroxylation is 1. The van der Waals surface area contributed by atoms with Gasteiger partial charge in [0, 0.05) is 41.5 Å². The van der Waals surface area contributed by atoms with E-state index in [0.29, 0.717) is 13.0 Å². The maximum atomic E-state index is 12.2. The molecule has 0 radical (unpaired) electrons. The molecule has 22 heavy (non-hydrogen) atoms. The van der Waals surface area contributed by atoms with Crippen LogP contribution in [0, 0.1) is 6.92 Å². The number of rotatable bonds is 7. The van der Waals surface area contributed by atoms with Gasteiger partial charge in [0.25, 0.3) is 0 Å². The summed E-state index contributed by atoms with van der Waals surface area (Å²) in [6, 6.07) is 3.55. The number of H-pyrrole nitrogens is 1. The minimum absolute atomic E-state index is 0.182. The highest BCUT2D eigenvalue weighted by Gasteiger charge is 2.20. The molecule has 0 fully saturated rings. The Morgan fingerprint density at radius 2 is 2.23 bits per heavy atom. The minimum atomic E-state index is -0.594. The van der Waals surface area contributed by atoms with E-state index < -0.39 is 6.04 Å². The van der Waals surface area contributed by atoms with Crippen molar-refractivity contribution in [1.29, 1.82) is 0 Å². The van der Waals surface area contributed by atoms with E-state index in [1.54, 1.807) is 23.9 Å². The Balaban J connectivity index is 1.86. The van der Waals surface area contributed by atoms with Crippen LogP contribution in [0.15, 0.2) is 24.7 Å². The Labute approximate surface area is 133 Å². The van der Waals surface area contributed by atoms with E-state index in [1.165, 1.54) is 16.7 Å². The van der Waals surface area contributed by atoms with Crippen LogP contribution >= 0.6 is 11.3 Å². The van der Waals surface area contributed by atoms with Crippen LogP contribution in [0.3, 0.4) is 0 Å². The van der Waals surface area contributed by atoms with Crippen molar-refractivity contribution in [1.82, 2.24) is 20.6 Å². The number of carbonyl (C=O) groups excluding carboxylic acids is 2. The summed E-state index contributed by atoms with van der Waals surface area (Å²) in [5, 5.41) is 5.55. The number of nitrogens with zero attached hydrogens (tertiary/aromatic N) is 1. The van der Waals surface area contributed by atoms with E-state index in [0.717, 1.165) is 12.1 Å². The highest BCUT2D eigenvalue weighted by molar-refractivity contribution is 7.11. The number of hydrogen-bond donors (Lipinski definition) is 3. The van der Waals surface area contributed by atoms with Crippen molar-refractivity contribution in [2.45, 2.75) is 32.7 Å². The first-order valence-electron chi connectivity index (χ1n) is 7.12. The summed E-state index contributed by atoms with van der Waals surface area (Å²) in [7, 11) is 0. The Morgan fingerprint density at radius 1 is 1.41 bits per heavy atom. The fourth-order valence-corrected chi connectivity index (χ4v) is 3.01. The van der Waals surface area contributed by atoms with Crippen molar-refractivity contribution in [3.05, 3.63) is 40.1 Å². The highest BCUT2D eigenvalue weighted by atomic mass is 32.1. The predicted molar refractivity (Wildman–Crippen MR) is 85.7 cm³/mol. The molecule has 0 unspecified atom stereocenters. The maximum absolute atomic E-state index is 12.2. The van der Waals surface area contributed by atoms with Gasteiger partial charge >= 0.3 is 0 Å². The van der Waals surface area contributed by atoms with Crippen LogP contribution in [-0.2, 0) is 22.4 Å². The fraction of sp³-hybridized carbons (Fsp3) is 0.400. The van der Waals surface area contributed by atoms with E-state index in [-0.39, 0.29) is 11.8 Å². The molecule has 2 aromatic rings. The predicted octanol–water partition coefficient (Wildman–Crippen LogP) is 1.19. The molecule has 2 heterocycles. The number of imidazole rings is 1. The van der Waals surface area contributed by atoms with E-state index >= 15 is 0 Å². The molecule has 0 spiro atoms. The second-order valence-electron chi connectivity index (χ2n) is 5.09. The quantitative estimate of drug-likeness (QED) is 0.716. The third-order valence-electron chi connectivity index (χ3n) is 3.14. The molecule has 2 aromatic heterocycles. The van der Waals surface area contributed by atoms with Gasteiger partial charge in [-0.05, 0) is 25.5 Å². The van der Waals surface area contributed by atoms with Crippen LogP contribution in [0.25, 0.3) is 0 Å². The number of thiophene rings is 1. The largest absolute Gasteiger partial charge is 0.354 e. The average Bonchev–Trinajstić information content (AvgIpc) is 3.09. The monoisotopic (exact) mass is 320 g/mol. The van der Waals surface area contributed by atoms with Gasteiger partial charge in [0.1, 0.15) is 6.04 Å². The normalized spacial score (nSPS) is 11.9. The second-order valence-corrected chi connectivity index (χ2v) is 6.46. The van der Waals surface area contributed by atoms with Gasteiger partial charge < -0.3 is 15.6 Å². The van der Waals surface area contributed by atoms with Crippen LogP contribution in [0.4, 0.5) is 0 Å². The minimum Gasteiger partial charge on any atom is -0.354 e. The molecule has 0 bridgehead atoms. The Kier molecular flexibility index (Phi) is 5.71. The van der Waals surface area contributed by atoms with E-state index in [1.807, 2.05) is 0 Å². The lowest BCUT2D eigenvalue weighted by Crippen LogP contribution is -2.47. The van der Waals surface area contributed by atoms with Crippen LogP contribution in [-0.4, -0.2) is 34.4 Å². The summed E-state index contributed by atoms with van der Waals surface area (Å²) in [6.07, 6.45) is 4.39. The smallest absolute Gasteiger partial charge is 0.242 e. The molecular weight excluding hydrogens is 300 g/mol. The van der Waals surface area contributed by atoms with Crippen molar-refractivity contribution >= 4 is 23.2 Å². The molecule has 2 rings (SSSR count). The van der Waals surface area contributed by atoms with Crippen molar-refractivity contribution in [2.24, 2.45) is 0 Å². The number of nitrogens with one attached hydrogen (secondary N) is 3. The number of hydrogen-bond acceptors (Lipinski definition) is 4. The first-order valence-corrected chi connectivity index (χ1v) is 7.93. The summed E-state index contributed by atoms with van der Waals surface area (Å²) in [4.78, 5) is 32.9. The molecule has 6 nitrogen and oxygen atoms in total. The van der Waals surface area contributed by atoms with E-state index in [2.05, 4.69) is 39.7 Å². The Hall–Kier alpha value is -2.15. The maximum Gasteiger partial charge on any atom is 0.242 e. The van der Waals surface area contributed by atoms with Gasteiger partial charge in [-0.2, -0.15) is 0 Å². The third kappa shape index (κ3) is 5.00. The van der Waals surface area contributed by atoms with Crippen LogP contribution < -0.4 is 10.6 Å². The molecule has 2 amide bonds. The molecule has 0 aliphatic rings. The summed E-state index contributed by atoms with van der Waals surface area (Å²) in [5.74, 6) is -0.411. The Morgan fingerprint density at radius 3 is 2.82 bits per heavy atom. The van der Waals surface area contributed by atoms with Gasteiger partial charge in [-0.15, -0.1) is 11.3 Å². The first kappa shape index (κ1) is 16.2. The van der Waals surface area contributed by atoms with Crippen LogP contribution in [0.5, 0.6) is 0 Å². The van der Waals surface area contributed by atoms with Crippen LogP contribution in [0.2, 0.25) is 0 Å². The van der Waals surface area contributed by atoms with Gasteiger partial charge in [0.05, 0.1) is 6.33 Å². The van der Waals surface area contributed by atoms with Gasteiger partial charge in [-0.3, -0.25) is 9.59 Å². The van der Waals surface area contributed by atoms with Crippen molar-refractivity contribution < 1.29 is 9.59 Å². The van der Waals surface area contributed by atoms with E-state index in [9.17, 15) is 9.59 Å². The molecule has 7 heteroatoms. The molecule has 1 atom stereocenters. The summed E-state index contributed by atoms with van der Waals surface area (Å²) in [5.41, 5.74) is 0.808. The lowest BCUT2D eigenvalue weighted by Gasteiger charge is -2.16. The molecule has 0 aliphatic carbocycles. The van der Waals surface area contributed by atoms with Gasteiger partial charge in [0.2, 0.25) is 11.8 Å². The van der Waals surface area contributed by atoms with Crippen molar-refractivity contribution in [3.8, 4) is 0 Å². The molecule has 0 saturated carbocycles. The zero-order valence-electron chi connectivity index (χ0n) is 12.7. The average molecular weight is 320 g/mol. The fourth-order valence-electron chi connectivity index (χ4n) is 2.12. The van der Waals surface area contributed by atoms with Gasteiger partial charge in [-0.1, -0.05) is 0 Å². The van der Waals surface area contributed by atoms with Gasteiger partial charge in [-0.25, -0.2) is 4.98 Å². The molecule has 118 valence electrons. The molecule has 0 aromatic carbocycles. The zero-order valence-corrected chi connectivity index (χ0v) is 13.5. The Bertz CT molecular complexity index is 621. The second kappa shape index (κ2) is 7.74. The molecule has 3 N–H and O–H groups in total. The van der Waals surface area contributed by atoms with Crippen molar-refractivity contribution in [3.63, 3.8) is 0 Å². The molecule has 0 saturated heterocycles. The highest BCUT2D eigenvalue weighted by Crippen LogP contribution is 2.14. The van der Waals surface area contributed by atoms with Gasteiger partial charge in [0.15, 0.2) is 0 Å². The van der Waals surface area contributed by atoms with E-state index in [4.69, 9.17) is 0 Å². The summed E-state index contributed by atoms with van der Waals surface area (Å²) < 4.78 is 0. The zero-order chi connectivity index (χ0) is 15.9.